The van der Waals surface area contributed by atoms with Crippen LogP contribution in [0.3, 0.4) is 0 Å². The molecule has 1 N–H and O–H groups in total. The van der Waals surface area contributed by atoms with Gasteiger partial charge in [0, 0.05) is 13.5 Å². The van der Waals surface area contributed by atoms with Gasteiger partial charge in [0.15, 0.2) is 0 Å². The van der Waals surface area contributed by atoms with E-state index in [1.165, 1.54) is 5.56 Å². The minimum Gasteiger partial charge on any atom is -0.369 e. The molecule has 0 saturated heterocycles. The van der Waals surface area contributed by atoms with E-state index in [0.717, 1.165) is 18.1 Å². The molecule has 2 heteroatoms. The number of hydrogen-bond donors (Lipinski definition) is 1. The van der Waals surface area contributed by atoms with Crippen LogP contribution in [0, 0.1) is 6.92 Å². The molecule has 0 spiro atoms. The van der Waals surface area contributed by atoms with Crippen molar-refractivity contribution in [2.75, 3.05) is 0 Å². The van der Waals surface area contributed by atoms with Gasteiger partial charge in [0.1, 0.15) is 5.84 Å². The molecule has 1 aromatic rings. The Kier molecular flexibility index (Phi) is 1.39. The summed E-state index contributed by atoms with van der Waals surface area (Å²) >= 11 is 0. The van der Waals surface area contributed by atoms with E-state index in [9.17, 15) is 0 Å². The number of benzene rings is 1. The maximum absolute atomic E-state index is 4.24. The smallest absolute Gasteiger partial charge is 0.103 e. The van der Waals surface area contributed by atoms with Crippen LogP contribution < -0.4 is 5.32 Å². The zero-order chi connectivity index (χ0) is 7.68. The van der Waals surface area contributed by atoms with Crippen LogP contribution in [-0.2, 0) is 6.54 Å². The van der Waals surface area contributed by atoms with E-state index in [-0.39, 0.29) is 0 Å². The second-order valence-corrected chi connectivity index (χ2v) is 2.54. The predicted molar refractivity (Wildman–Crippen MR) is 45.7 cm³/mol. The van der Waals surface area contributed by atoms with Gasteiger partial charge < -0.3 is 5.32 Å². The third kappa shape index (κ3) is 1.11. The Morgan fingerprint density at radius 2 is 2.18 bits per heavy atom. The van der Waals surface area contributed by atoms with Crippen molar-refractivity contribution in [1.82, 2.24) is 5.32 Å². The van der Waals surface area contributed by atoms with Crippen LogP contribution in [-0.4, -0.2) is 5.84 Å². The lowest BCUT2D eigenvalue weighted by molar-refractivity contribution is 0.896. The number of amidine groups is 1. The summed E-state index contributed by atoms with van der Waals surface area (Å²) in [5, 5.41) is 3.08. The number of para-hydroxylation sites is 1. The molecule has 0 aliphatic carbocycles. The van der Waals surface area contributed by atoms with Gasteiger partial charge in [-0.25, -0.2) is 4.99 Å². The lowest BCUT2D eigenvalue weighted by Crippen LogP contribution is -2.22. The number of nitrogens with one attached hydrogen (secondary N) is 1. The van der Waals surface area contributed by atoms with Gasteiger partial charge in [-0.05, 0) is 11.6 Å². The molecule has 2 nitrogen and oxygen atoms in total. The molecule has 2 rings (SSSR count). The van der Waals surface area contributed by atoms with E-state index in [1.54, 1.807) is 0 Å². The van der Waals surface area contributed by atoms with Gasteiger partial charge in [0.2, 0.25) is 0 Å². The van der Waals surface area contributed by atoms with Crippen LogP contribution in [0.15, 0.2) is 29.3 Å². The summed E-state index contributed by atoms with van der Waals surface area (Å²) in [6.07, 6.45) is 0. The largest absolute Gasteiger partial charge is 0.369 e. The van der Waals surface area contributed by atoms with Gasteiger partial charge in [0.25, 0.3) is 0 Å². The van der Waals surface area contributed by atoms with Crippen LogP contribution in [0.25, 0.3) is 0 Å². The Balaban J connectivity index is 2.51. The van der Waals surface area contributed by atoms with Crippen LogP contribution in [0.5, 0.6) is 0 Å². The molecule has 0 aromatic heterocycles. The molecular formula is C9H9N2. The van der Waals surface area contributed by atoms with E-state index in [4.69, 9.17) is 0 Å². The van der Waals surface area contributed by atoms with E-state index in [0.29, 0.717) is 0 Å². The average molecular weight is 145 g/mol. The van der Waals surface area contributed by atoms with Crippen molar-refractivity contribution >= 4 is 11.5 Å². The molecule has 11 heavy (non-hydrogen) atoms. The number of rotatable bonds is 0. The maximum atomic E-state index is 4.24. The summed E-state index contributed by atoms with van der Waals surface area (Å²) in [5.74, 6) is 0.753. The van der Waals surface area contributed by atoms with Gasteiger partial charge in [0.05, 0.1) is 5.69 Å². The first kappa shape index (κ1) is 6.40. The number of fused-ring (bicyclic) bond motifs is 1. The topological polar surface area (TPSA) is 24.4 Å². The number of hydrogen-bond acceptors (Lipinski definition) is 2. The summed E-state index contributed by atoms with van der Waals surface area (Å²) in [5.41, 5.74) is 2.27. The molecule has 1 aliphatic rings. The zero-order valence-electron chi connectivity index (χ0n) is 6.17. The zero-order valence-corrected chi connectivity index (χ0v) is 6.17. The molecule has 0 saturated carbocycles. The minimum atomic E-state index is 0.753. The highest BCUT2D eigenvalue weighted by molar-refractivity contribution is 5.90. The molecule has 1 radical (unpaired) electrons. The third-order valence-electron chi connectivity index (χ3n) is 1.73. The highest BCUT2D eigenvalue weighted by atomic mass is 15.0. The molecule has 0 atom stereocenters. The van der Waals surface area contributed by atoms with Gasteiger partial charge in [-0.2, -0.15) is 0 Å². The minimum absolute atomic E-state index is 0.753. The molecule has 0 unspecified atom stereocenters. The molecule has 0 fully saturated rings. The molecule has 0 bridgehead atoms. The van der Waals surface area contributed by atoms with Crippen molar-refractivity contribution < 1.29 is 0 Å². The lowest BCUT2D eigenvalue weighted by atomic mass is 10.1. The first-order valence-electron chi connectivity index (χ1n) is 3.59. The maximum Gasteiger partial charge on any atom is 0.103 e. The predicted octanol–water partition coefficient (Wildman–Crippen LogP) is 1.65. The van der Waals surface area contributed by atoms with Crippen LogP contribution in [0.2, 0.25) is 0 Å². The van der Waals surface area contributed by atoms with Crippen molar-refractivity contribution in [2.24, 2.45) is 4.99 Å². The molecule has 1 aromatic carbocycles. The summed E-state index contributed by atoms with van der Waals surface area (Å²) in [4.78, 5) is 4.24. The van der Waals surface area contributed by atoms with Crippen molar-refractivity contribution in [3.05, 3.63) is 36.8 Å². The molecule has 0 amide bonds. The molecular weight excluding hydrogens is 136 g/mol. The Hall–Kier alpha value is -1.31. The Morgan fingerprint density at radius 1 is 1.36 bits per heavy atom. The van der Waals surface area contributed by atoms with E-state index in [2.05, 4.69) is 23.3 Å². The van der Waals surface area contributed by atoms with Crippen LogP contribution in [0.4, 0.5) is 5.69 Å². The van der Waals surface area contributed by atoms with Crippen LogP contribution in [0.1, 0.15) is 5.56 Å². The highest BCUT2D eigenvalue weighted by Gasteiger charge is 2.05. The van der Waals surface area contributed by atoms with Gasteiger partial charge >= 0.3 is 0 Å². The van der Waals surface area contributed by atoms with Crippen LogP contribution >= 0.6 is 0 Å². The fraction of sp³-hybridized carbons (Fsp3) is 0.111. The molecule has 55 valence electrons. The standard InChI is InChI=1S/C9H9N2/c1-7-10-6-8-4-2-3-5-9(8)11-7/h2-5H,1,6H2,(H,10,11). The summed E-state index contributed by atoms with van der Waals surface area (Å²) in [7, 11) is 0. The third-order valence-corrected chi connectivity index (χ3v) is 1.73. The first-order valence-corrected chi connectivity index (χ1v) is 3.59. The van der Waals surface area contributed by atoms with Crippen molar-refractivity contribution in [2.45, 2.75) is 6.54 Å². The Morgan fingerprint density at radius 3 is 3.09 bits per heavy atom. The van der Waals surface area contributed by atoms with Crippen molar-refractivity contribution in [3.63, 3.8) is 0 Å². The fourth-order valence-corrected chi connectivity index (χ4v) is 1.15. The van der Waals surface area contributed by atoms with Crippen molar-refractivity contribution in [3.8, 4) is 0 Å². The SMILES string of the molecule is [CH2]C1=Nc2ccccc2CN1. The monoisotopic (exact) mass is 145 g/mol. The van der Waals surface area contributed by atoms with E-state index >= 15 is 0 Å². The fourth-order valence-electron chi connectivity index (χ4n) is 1.15. The number of aliphatic imine (C=N–C) groups is 1. The molecule has 1 heterocycles. The van der Waals surface area contributed by atoms with Gasteiger partial charge in [-0.15, -0.1) is 0 Å². The number of nitrogens with zero attached hydrogens (tertiary/aromatic N) is 1. The van der Waals surface area contributed by atoms with E-state index in [1.807, 2.05) is 18.2 Å². The second kappa shape index (κ2) is 2.38. The quantitative estimate of drug-likeness (QED) is 0.589. The summed E-state index contributed by atoms with van der Waals surface area (Å²) < 4.78 is 0. The Bertz CT molecular complexity index is 302. The normalized spacial score (nSPS) is 14.8. The lowest BCUT2D eigenvalue weighted by Gasteiger charge is -2.13. The average Bonchev–Trinajstić information content (AvgIpc) is 2.04. The Labute approximate surface area is 66.0 Å². The second-order valence-electron chi connectivity index (χ2n) is 2.54. The van der Waals surface area contributed by atoms with E-state index < -0.39 is 0 Å². The summed E-state index contributed by atoms with van der Waals surface area (Å²) in [6, 6.07) is 8.07. The molecule has 1 aliphatic heterocycles. The summed E-state index contributed by atoms with van der Waals surface area (Å²) in [6.45, 7) is 4.58. The van der Waals surface area contributed by atoms with Gasteiger partial charge in [-0.3, -0.25) is 0 Å². The van der Waals surface area contributed by atoms with Gasteiger partial charge in [-0.1, -0.05) is 18.2 Å². The van der Waals surface area contributed by atoms with Crippen molar-refractivity contribution in [1.29, 1.82) is 0 Å². The highest BCUT2D eigenvalue weighted by Crippen LogP contribution is 2.20. The first-order chi connectivity index (χ1) is 5.36.